The molecule has 4 heteroatoms. The van der Waals surface area contributed by atoms with Crippen LogP contribution in [0.4, 0.5) is 0 Å². The molecule has 0 bridgehead atoms. The molecule has 0 spiro atoms. The molecule has 0 saturated carbocycles. The number of amides is 1. The lowest BCUT2D eigenvalue weighted by atomic mass is 10.1. The Kier molecular flexibility index (Phi) is 4.59. The van der Waals surface area contributed by atoms with Crippen LogP contribution in [0.3, 0.4) is 0 Å². The van der Waals surface area contributed by atoms with E-state index in [2.05, 4.69) is 10.6 Å². The zero-order chi connectivity index (χ0) is 12.8. The molecule has 4 nitrogen and oxygen atoms in total. The Hall–Kier alpha value is -1.55. The van der Waals surface area contributed by atoms with E-state index in [-0.39, 0.29) is 11.8 Å². The van der Waals surface area contributed by atoms with Crippen molar-refractivity contribution < 1.29 is 9.53 Å². The van der Waals surface area contributed by atoms with Crippen LogP contribution in [0.15, 0.2) is 24.3 Å². The summed E-state index contributed by atoms with van der Waals surface area (Å²) in [6.07, 6.45) is 0.935. The van der Waals surface area contributed by atoms with E-state index in [9.17, 15) is 4.79 Å². The number of para-hydroxylation sites is 1. The number of hydrogen-bond donors (Lipinski definition) is 2. The molecule has 18 heavy (non-hydrogen) atoms. The van der Waals surface area contributed by atoms with E-state index in [1.165, 1.54) is 0 Å². The summed E-state index contributed by atoms with van der Waals surface area (Å²) < 4.78 is 5.62. The Morgan fingerprint density at radius 1 is 1.50 bits per heavy atom. The molecule has 2 N–H and O–H groups in total. The monoisotopic (exact) mass is 248 g/mol. The fourth-order valence-corrected chi connectivity index (χ4v) is 2.08. The fraction of sp³-hybridized carbons (Fsp3) is 0.500. The number of rotatable bonds is 5. The first-order valence-electron chi connectivity index (χ1n) is 6.44. The van der Waals surface area contributed by atoms with Gasteiger partial charge in [0.2, 0.25) is 5.91 Å². The normalized spacial score (nSPS) is 18.6. The van der Waals surface area contributed by atoms with Gasteiger partial charge < -0.3 is 15.4 Å². The van der Waals surface area contributed by atoms with Crippen LogP contribution in [0.2, 0.25) is 0 Å². The van der Waals surface area contributed by atoms with Crippen LogP contribution >= 0.6 is 0 Å². The van der Waals surface area contributed by atoms with Crippen LogP contribution in [0.25, 0.3) is 0 Å². The maximum Gasteiger partial charge on any atom is 0.224 e. The minimum absolute atomic E-state index is 0.128. The molecule has 2 rings (SSSR count). The SMILES string of the molecule is Cc1ccccc1OCCNC(=O)C1CCNC1. The predicted octanol–water partition coefficient (Wildman–Crippen LogP) is 1.10. The molecular weight excluding hydrogens is 228 g/mol. The van der Waals surface area contributed by atoms with Crippen LogP contribution in [-0.4, -0.2) is 32.1 Å². The number of carbonyl (C=O) groups is 1. The smallest absolute Gasteiger partial charge is 0.224 e. The first kappa shape index (κ1) is 12.9. The Bertz CT molecular complexity index is 401. The van der Waals surface area contributed by atoms with Gasteiger partial charge in [-0.05, 0) is 31.5 Å². The van der Waals surface area contributed by atoms with Crippen molar-refractivity contribution in [2.24, 2.45) is 5.92 Å². The molecule has 1 aliphatic heterocycles. The van der Waals surface area contributed by atoms with Gasteiger partial charge >= 0.3 is 0 Å². The van der Waals surface area contributed by atoms with Gasteiger partial charge in [-0.3, -0.25) is 4.79 Å². The summed E-state index contributed by atoms with van der Waals surface area (Å²) in [5.41, 5.74) is 1.11. The van der Waals surface area contributed by atoms with Crippen molar-refractivity contribution in [3.05, 3.63) is 29.8 Å². The largest absolute Gasteiger partial charge is 0.491 e. The minimum Gasteiger partial charge on any atom is -0.491 e. The quantitative estimate of drug-likeness (QED) is 0.767. The van der Waals surface area contributed by atoms with E-state index in [1.807, 2.05) is 31.2 Å². The number of hydrogen-bond acceptors (Lipinski definition) is 3. The van der Waals surface area contributed by atoms with Crippen LogP contribution in [0.1, 0.15) is 12.0 Å². The van der Waals surface area contributed by atoms with Crippen molar-refractivity contribution in [3.8, 4) is 5.75 Å². The lowest BCUT2D eigenvalue weighted by Crippen LogP contribution is -2.34. The number of carbonyl (C=O) groups excluding carboxylic acids is 1. The van der Waals surface area contributed by atoms with Gasteiger partial charge in [-0.25, -0.2) is 0 Å². The topological polar surface area (TPSA) is 50.4 Å². The maximum atomic E-state index is 11.7. The summed E-state index contributed by atoms with van der Waals surface area (Å²) in [5, 5.41) is 6.10. The van der Waals surface area contributed by atoms with Crippen LogP contribution in [0, 0.1) is 12.8 Å². The Labute approximate surface area is 108 Å². The van der Waals surface area contributed by atoms with Crippen molar-refractivity contribution in [1.82, 2.24) is 10.6 Å². The highest BCUT2D eigenvalue weighted by atomic mass is 16.5. The van der Waals surface area contributed by atoms with E-state index >= 15 is 0 Å². The molecule has 1 aliphatic rings. The predicted molar refractivity (Wildman–Crippen MR) is 70.7 cm³/mol. The van der Waals surface area contributed by atoms with Crippen LogP contribution in [-0.2, 0) is 4.79 Å². The molecule has 1 amide bonds. The number of ether oxygens (including phenoxy) is 1. The molecule has 0 aliphatic carbocycles. The summed E-state index contributed by atoms with van der Waals surface area (Å²) in [6, 6.07) is 7.89. The molecule has 1 atom stereocenters. The van der Waals surface area contributed by atoms with E-state index in [0.717, 1.165) is 30.8 Å². The maximum absolute atomic E-state index is 11.7. The lowest BCUT2D eigenvalue weighted by molar-refractivity contribution is -0.124. The van der Waals surface area contributed by atoms with Gasteiger partial charge in [0.05, 0.1) is 12.5 Å². The Morgan fingerprint density at radius 2 is 2.33 bits per heavy atom. The van der Waals surface area contributed by atoms with Crippen molar-refractivity contribution in [1.29, 1.82) is 0 Å². The minimum atomic E-state index is 0.128. The number of benzene rings is 1. The summed E-state index contributed by atoms with van der Waals surface area (Å²) in [4.78, 5) is 11.7. The third-order valence-corrected chi connectivity index (χ3v) is 3.18. The highest BCUT2D eigenvalue weighted by Crippen LogP contribution is 2.15. The van der Waals surface area contributed by atoms with Crippen LogP contribution in [0.5, 0.6) is 5.75 Å². The molecule has 1 saturated heterocycles. The summed E-state index contributed by atoms with van der Waals surface area (Å²) >= 11 is 0. The molecule has 1 aromatic rings. The third-order valence-electron chi connectivity index (χ3n) is 3.18. The first-order valence-corrected chi connectivity index (χ1v) is 6.44. The van der Waals surface area contributed by atoms with Gasteiger partial charge in [-0.15, -0.1) is 0 Å². The molecule has 98 valence electrons. The molecule has 1 fully saturated rings. The summed E-state index contributed by atoms with van der Waals surface area (Å²) in [6.45, 7) is 4.82. The number of aryl methyl sites for hydroxylation is 1. The van der Waals surface area contributed by atoms with Crippen molar-refractivity contribution in [2.75, 3.05) is 26.2 Å². The van der Waals surface area contributed by atoms with Gasteiger partial charge in [0, 0.05) is 6.54 Å². The van der Waals surface area contributed by atoms with Gasteiger partial charge in [-0.2, -0.15) is 0 Å². The zero-order valence-electron chi connectivity index (χ0n) is 10.7. The third kappa shape index (κ3) is 3.47. The lowest BCUT2D eigenvalue weighted by Gasteiger charge is -2.11. The Morgan fingerprint density at radius 3 is 3.06 bits per heavy atom. The van der Waals surface area contributed by atoms with Crippen molar-refractivity contribution >= 4 is 5.91 Å². The van der Waals surface area contributed by atoms with Crippen molar-refractivity contribution in [3.63, 3.8) is 0 Å². The summed E-state index contributed by atoms with van der Waals surface area (Å²) in [7, 11) is 0. The standard InChI is InChI=1S/C14H20N2O2/c1-11-4-2-3-5-13(11)18-9-8-16-14(17)12-6-7-15-10-12/h2-5,12,15H,6-10H2,1H3,(H,16,17). The second-order valence-corrected chi connectivity index (χ2v) is 4.59. The van der Waals surface area contributed by atoms with Gasteiger partial charge in [0.15, 0.2) is 0 Å². The van der Waals surface area contributed by atoms with Gasteiger partial charge in [0.1, 0.15) is 12.4 Å². The highest BCUT2D eigenvalue weighted by molar-refractivity contribution is 5.79. The van der Waals surface area contributed by atoms with Gasteiger partial charge in [0.25, 0.3) is 0 Å². The second kappa shape index (κ2) is 6.40. The van der Waals surface area contributed by atoms with Gasteiger partial charge in [-0.1, -0.05) is 18.2 Å². The van der Waals surface area contributed by atoms with Crippen LogP contribution < -0.4 is 15.4 Å². The average Bonchev–Trinajstić information content (AvgIpc) is 2.90. The summed E-state index contributed by atoms with van der Waals surface area (Å²) in [5.74, 6) is 1.14. The van der Waals surface area contributed by atoms with E-state index in [1.54, 1.807) is 0 Å². The second-order valence-electron chi connectivity index (χ2n) is 4.59. The zero-order valence-corrected chi connectivity index (χ0v) is 10.7. The molecule has 0 radical (unpaired) electrons. The van der Waals surface area contributed by atoms with E-state index in [4.69, 9.17) is 4.74 Å². The average molecular weight is 248 g/mol. The fourth-order valence-electron chi connectivity index (χ4n) is 2.08. The Balaban J connectivity index is 1.67. The van der Waals surface area contributed by atoms with E-state index in [0.29, 0.717) is 13.2 Å². The molecule has 1 heterocycles. The molecular formula is C14H20N2O2. The first-order chi connectivity index (χ1) is 8.77. The molecule has 1 unspecified atom stereocenters. The molecule has 0 aromatic heterocycles. The van der Waals surface area contributed by atoms with E-state index < -0.39 is 0 Å². The highest BCUT2D eigenvalue weighted by Gasteiger charge is 2.21. The number of nitrogens with one attached hydrogen (secondary N) is 2. The molecule has 1 aromatic carbocycles. The van der Waals surface area contributed by atoms with Crippen molar-refractivity contribution in [2.45, 2.75) is 13.3 Å².